The molecule has 0 atom stereocenters. The molecular weight excluding hydrogens is 176 g/mol. The Balaban J connectivity index is 2.30. The third-order valence-electron chi connectivity index (χ3n) is 2.11. The summed E-state index contributed by atoms with van der Waals surface area (Å²) in [5.74, 6) is 6.86. The van der Waals surface area contributed by atoms with Gasteiger partial charge in [0.15, 0.2) is 0 Å². The average Bonchev–Trinajstić information content (AvgIpc) is 2.97. The van der Waals surface area contributed by atoms with Crippen molar-refractivity contribution in [2.45, 2.75) is 25.7 Å². The lowest BCUT2D eigenvalue weighted by atomic mass is 10.3. The zero-order chi connectivity index (χ0) is 9.97. The van der Waals surface area contributed by atoms with Gasteiger partial charge in [-0.05, 0) is 31.8 Å². The maximum absolute atomic E-state index is 8.57. The highest BCUT2D eigenvalue weighted by molar-refractivity contribution is 5.30. The molecule has 1 aromatic heterocycles. The molecule has 1 fully saturated rings. The average molecular weight is 188 g/mol. The zero-order valence-electron chi connectivity index (χ0n) is 8.12. The Kier molecular flexibility index (Phi) is 2.47. The van der Waals surface area contributed by atoms with Gasteiger partial charge in [-0.3, -0.25) is 0 Å². The highest BCUT2D eigenvalue weighted by Gasteiger charge is 2.26. The molecule has 0 aliphatic heterocycles. The van der Waals surface area contributed by atoms with Gasteiger partial charge in [0.25, 0.3) is 0 Å². The van der Waals surface area contributed by atoms with Crippen LogP contribution in [0.3, 0.4) is 0 Å². The fourth-order valence-corrected chi connectivity index (χ4v) is 1.31. The molecule has 0 bridgehead atoms. The number of aryl methyl sites for hydroxylation is 1. The summed E-state index contributed by atoms with van der Waals surface area (Å²) in [6.07, 6.45) is 2.38. The van der Waals surface area contributed by atoms with Crippen LogP contribution in [0.5, 0.6) is 0 Å². The van der Waals surface area contributed by atoms with Crippen LogP contribution in [0, 0.1) is 18.8 Å². The van der Waals surface area contributed by atoms with Gasteiger partial charge in [0.1, 0.15) is 18.1 Å². The smallest absolute Gasteiger partial charge is 0.133 e. The van der Waals surface area contributed by atoms with Gasteiger partial charge in [0.05, 0.1) is 0 Å². The number of hydrogen-bond acceptors (Lipinski definition) is 3. The molecule has 1 aromatic rings. The summed E-state index contributed by atoms with van der Waals surface area (Å²) < 4.78 is 0. The Morgan fingerprint density at radius 2 is 2.29 bits per heavy atom. The fraction of sp³-hybridized carbons (Fsp3) is 0.455. The second kappa shape index (κ2) is 3.77. The van der Waals surface area contributed by atoms with E-state index >= 15 is 0 Å². The van der Waals surface area contributed by atoms with Gasteiger partial charge in [0.2, 0.25) is 0 Å². The standard InChI is InChI=1S/C11H12N2O/c1-8-7-10(3-2-6-14)13-11(12-8)9-4-5-9/h7,9,14H,4-6H2,1H3. The Morgan fingerprint density at radius 1 is 1.50 bits per heavy atom. The fourth-order valence-electron chi connectivity index (χ4n) is 1.31. The molecule has 1 saturated carbocycles. The molecule has 0 spiro atoms. The molecular formula is C11H12N2O. The van der Waals surface area contributed by atoms with E-state index in [0.717, 1.165) is 11.5 Å². The SMILES string of the molecule is Cc1cc(C#CCO)nc(C2CC2)n1. The van der Waals surface area contributed by atoms with Crippen molar-refractivity contribution in [3.8, 4) is 11.8 Å². The predicted molar refractivity (Wildman–Crippen MR) is 52.7 cm³/mol. The third-order valence-corrected chi connectivity index (χ3v) is 2.11. The van der Waals surface area contributed by atoms with Crippen LogP contribution >= 0.6 is 0 Å². The molecule has 1 N–H and O–H groups in total. The van der Waals surface area contributed by atoms with Crippen LogP contribution in [0.2, 0.25) is 0 Å². The largest absolute Gasteiger partial charge is 0.384 e. The number of aliphatic hydroxyl groups excluding tert-OH is 1. The van der Waals surface area contributed by atoms with Gasteiger partial charge in [-0.2, -0.15) is 0 Å². The molecule has 3 heteroatoms. The number of hydrogen-bond donors (Lipinski definition) is 1. The number of nitrogens with zero attached hydrogens (tertiary/aromatic N) is 2. The van der Waals surface area contributed by atoms with E-state index < -0.39 is 0 Å². The molecule has 2 rings (SSSR count). The minimum absolute atomic E-state index is 0.123. The maximum atomic E-state index is 8.57. The van der Waals surface area contributed by atoms with Crippen molar-refractivity contribution in [3.63, 3.8) is 0 Å². The molecule has 72 valence electrons. The quantitative estimate of drug-likeness (QED) is 0.669. The lowest BCUT2D eigenvalue weighted by Gasteiger charge is -1.99. The summed E-state index contributed by atoms with van der Waals surface area (Å²) in [7, 11) is 0. The van der Waals surface area contributed by atoms with Crippen LogP contribution < -0.4 is 0 Å². The van der Waals surface area contributed by atoms with E-state index in [0.29, 0.717) is 11.6 Å². The Labute approximate surface area is 83.2 Å². The van der Waals surface area contributed by atoms with E-state index in [2.05, 4.69) is 21.8 Å². The van der Waals surface area contributed by atoms with Gasteiger partial charge in [-0.15, -0.1) is 0 Å². The van der Waals surface area contributed by atoms with Crippen molar-refractivity contribution in [1.82, 2.24) is 9.97 Å². The number of rotatable bonds is 1. The van der Waals surface area contributed by atoms with Gasteiger partial charge in [-0.25, -0.2) is 9.97 Å². The first-order chi connectivity index (χ1) is 6.79. The minimum atomic E-state index is -0.123. The summed E-state index contributed by atoms with van der Waals surface area (Å²) in [6.45, 7) is 1.82. The number of aromatic nitrogens is 2. The van der Waals surface area contributed by atoms with E-state index in [4.69, 9.17) is 5.11 Å². The third kappa shape index (κ3) is 2.09. The molecule has 0 aromatic carbocycles. The van der Waals surface area contributed by atoms with Gasteiger partial charge >= 0.3 is 0 Å². The van der Waals surface area contributed by atoms with E-state index in [-0.39, 0.29) is 6.61 Å². The zero-order valence-corrected chi connectivity index (χ0v) is 8.12. The Bertz CT molecular complexity index is 399. The van der Waals surface area contributed by atoms with E-state index in [1.165, 1.54) is 12.8 Å². The molecule has 0 radical (unpaired) electrons. The summed E-state index contributed by atoms with van der Waals surface area (Å²) in [5, 5.41) is 8.57. The Hall–Kier alpha value is -1.40. The summed E-state index contributed by atoms with van der Waals surface area (Å²) in [5.41, 5.74) is 1.66. The summed E-state index contributed by atoms with van der Waals surface area (Å²) in [6, 6.07) is 1.84. The van der Waals surface area contributed by atoms with E-state index in [9.17, 15) is 0 Å². The summed E-state index contributed by atoms with van der Waals surface area (Å²) >= 11 is 0. The van der Waals surface area contributed by atoms with Crippen molar-refractivity contribution in [1.29, 1.82) is 0 Å². The predicted octanol–water partition coefficient (Wildman–Crippen LogP) is 1.01. The van der Waals surface area contributed by atoms with Crippen LogP contribution in [0.15, 0.2) is 6.07 Å². The van der Waals surface area contributed by atoms with Crippen LogP contribution in [-0.2, 0) is 0 Å². The minimum Gasteiger partial charge on any atom is -0.384 e. The molecule has 0 unspecified atom stereocenters. The highest BCUT2D eigenvalue weighted by Crippen LogP contribution is 2.37. The van der Waals surface area contributed by atoms with Crippen LogP contribution in [0.25, 0.3) is 0 Å². The second-order valence-corrected chi connectivity index (χ2v) is 3.49. The monoisotopic (exact) mass is 188 g/mol. The molecule has 0 amide bonds. The normalized spacial score (nSPS) is 14.7. The van der Waals surface area contributed by atoms with E-state index in [1.807, 2.05) is 13.0 Å². The lowest BCUT2D eigenvalue weighted by molar-refractivity contribution is 0.350. The van der Waals surface area contributed by atoms with E-state index in [1.54, 1.807) is 0 Å². The molecule has 1 aliphatic carbocycles. The molecule has 3 nitrogen and oxygen atoms in total. The van der Waals surface area contributed by atoms with Crippen molar-refractivity contribution in [2.75, 3.05) is 6.61 Å². The summed E-state index contributed by atoms with van der Waals surface area (Å²) in [4.78, 5) is 8.70. The van der Waals surface area contributed by atoms with Gasteiger partial charge in [0, 0.05) is 11.6 Å². The molecule has 0 saturated heterocycles. The van der Waals surface area contributed by atoms with Gasteiger partial charge in [-0.1, -0.05) is 5.92 Å². The van der Waals surface area contributed by atoms with Crippen molar-refractivity contribution in [2.24, 2.45) is 0 Å². The molecule has 1 aliphatic rings. The topological polar surface area (TPSA) is 46.0 Å². The second-order valence-electron chi connectivity index (χ2n) is 3.49. The first-order valence-corrected chi connectivity index (χ1v) is 4.75. The number of aliphatic hydroxyl groups is 1. The maximum Gasteiger partial charge on any atom is 0.133 e. The first-order valence-electron chi connectivity index (χ1n) is 4.75. The highest BCUT2D eigenvalue weighted by atomic mass is 16.2. The lowest BCUT2D eigenvalue weighted by Crippen LogP contribution is -1.97. The van der Waals surface area contributed by atoms with Crippen molar-refractivity contribution >= 4 is 0 Å². The van der Waals surface area contributed by atoms with Crippen molar-refractivity contribution < 1.29 is 5.11 Å². The van der Waals surface area contributed by atoms with Crippen LogP contribution in [0.4, 0.5) is 0 Å². The van der Waals surface area contributed by atoms with Crippen LogP contribution in [-0.4, -0.2) is 21.7 Å². The van der Waals surface area contributed by atoms with Crippen molar-refractivity contribution in [3.05, 3.63) is 23.3 Å². The first kappa shape index (κ1) is 9.17. The Morgan fingerprint density at radius 3 is 2.93 bits per heavy atom. The van der Waals surface area contributed by atoms with Crippen LogP contribution in [0.1, 0.15) is 36.0 Å². The molecule has 1 heterocycles. The van der Waals surface area contributed by atoms with Gasteiger partial charge < -0.3 is 5.11 Å². The molecule has 14 heavy (non-hydrogen) atoms.